The molecule has 1 aromatic rings. The zero-order chi connectivity index (χ0) is 8.97. The van der Waals surface area contributed by atoms with Crippen molar-refractivity contribution >= 4 is 12.0 Å². The fourth-order valence-electron chi connectivity index (χ4n) is 0.902. The van der Waals surface area contributed by atoms with Crippen molar-refractivity contribution in [3.8, 4) is 0 Å². The molecule has 2 nitrogen and oxygen atoms in total. The molecule has 1 aromatic carbocycles. The van der Waals surface area contributed by atoms with Gasteiger partial charge in [0.2, 0.25) is 0 Å². The first kappa shape index (κ1) is 8.46. The Balaban J connectivity index is 3.13. The van der Waals surface area contributed by atoms with Gasteiger partial charge in [-0.15, -0.1) is 0 Å². The van der Waals surface area contributed by atoms with Gasteiger partial charge in [-0.3, -0.25) is 0 Å². The summed E-state index contributed by atoms with van der Waals surface area (Å²) in [5.41, 5.74) is 0.732. The van der Waals surface area contributed by atoms with E-state index in [4.69, 9.17) is 0 Å². The predicted octanol–water partition coefficient (Wildman–Crippen LogP) is 2.37. The molecule has 0 unspecified atom stereocenters. The Hall–Kier alpha value is -1.64. The van der Waals surface area contributed by atoms with Crippen LogP contribution in [-0.4, -0.2) is 5.97 Å². The highest BCUT2D eigenvalue weighted by molar-refractivity contribution is 5.93. The molecule has 0 N–H and O–H groups in total. The molecule has 0 saturated heterocycles. The van der Waals surface area contributed by atoms with Crippen molar-refractivity contribution in [2.24, 2.45) is 0 Å². The second-order valence-corrected chi connectivity index (χ2v) is 2.16. The van der Waals surface area contributed by atoms with E-state index in [9.17, 15) is 9.32 Å². The third kappa shape index (κ3) is 1.50. The van der Waals surface area contributed by atoms with Gasteiger partial charge >= 0.3 is 5.97 Å². The molecule has 0 radical (unpaired) electrons. The van der Waals surface area contributed by atoms with Crippen molar-refractivity contribution in [2.45, 2.75) is 0 Å². The molecule has 1 rings (SSSR count). The molecule has 0 amide bonds. The van der Waals surface area contributed by atoms with Gasteiger partial charge in [0.1, 0.15) is 0 Å². The first-order valence-corrected chi connectivity index (χ1v) is 3.34. The SMILES string of the molecule is C=Cc1ccccc1C(=O)OF. The highest BCUT2D eigenvalue weighted by Gasteiger charge is 2.09. The molecule has 0 aliphatic carbocycles. The molecule has 0 heterocycles. The normalized spacial score (nSPS) is 9.08. The van der Waals surface area contributed by atoms with Gasteiger partial charge in [0.25, 0.3) is 0 Å². The highest BCUT2D eigenvalue weighted by Crippen LogP contribution is 2.11. The standard InChI is InChI=1S/C9H7FO2/c1-2-7-5-3-4-6-8(7)9(11)12-10/h2-6H,1H2. The molecule has 3 heteroatoms. The van der Waals surface area contributed by atoms with Gasteiger partial charge in [0.15, 0.2) is 0 Å². The van der Waals surface area contributed by atoms with Gasteiger partial charge in [-0.2, -0.15) is 0 Å². The summed E-state index contributed by atoms with van der Waals surface area (Å²) in [6.45, 7) is 3.48. The minimum atomic E-state index is -0.995. The molecule has 0 bridgehead atoms. The first-order chi connectivity index (χ1) is 5.79. The molecular formula is C9H7FO2. The lowest BCUT2D eigenvalue weighted by atomic mass is 10.1. The predicted molar refractivity (Wildman–Crippen MR) is 43.1 cm³/mol. The summed E-state index contributed by atoms with van der Waals surface area (Å²) in [5.74, 6) is -0.995. The number of hydrogen-bond donors (Lipinski definition) is 0. The van der Waals surface area contributed by atoms with Crippen LogP contribution in [-0.2, 0) is 4.94 Å². The maximum absolute atomic E-state index is 11.5. The molecule has 0 aliphatic rings. The van der Waals surface area contributed by atoms with Crippen LogP contribution in [0, 0.1) is 0 Å². The van der Waals surface area contributed by atoms with E-state index in [-0.39, 0.29) is 5.56 Å². The Morgan fingerprint density at radius 2 is 2.17 bits per heavy atom. The van der Waals surface area contributed by atoms with Crippen molar-refractivity contribution < 1.29 is 14.3 Å². The monoisotopic (exact) mass is 166 g/mol. The maximum Gasteiger partial charge on any atom is 0.380 e. The van der Waals surface area contributed by atoms with Gasteiger partial charge < -0.3 is 0 Å². The Morgan fingerprint density at radius 1 is 1.50 bits per heavy atom. The van der Waals surface area contributed by atoms with Gasteiger partial charge in [0, 0.05) is 4.53 Å². The lowest BCUT2D eigenvalue weighted by molar-refractivity contribution is -0.0788. The quantitative estimate of drug-likeness (QED) is 0.674. The van der Waals surface area contributed by atoms with E-state index >= 15 is 0 Å². The lowest BCUT2D eigenvalue weighted by Crippen LogP contribution is -2.00. The number of carbonyl (C=O) groups excluding carboxylic acids is 1. The van der Waals surface area contributed by atoms with E-state index < -0.39 is 5.97 Å². The first-order valence-electron chi connectivity index (χ1n) is 3.34. The number of carbonyl (C=O) groups is 1. The second-order valence-electron chi connectivity index (χ2n) is 2.16. The van der Waals surface area contributed by atoms with Crippen molar-refractivity contribution in [2.75, 3.05) is 0 Å². The topological polar surface area (TPSA) is 26.3 Å². The van der Waals surface area contributed by atoms with Crippen LogP contribution < -0.4 is 0 Å². The van der Waals surface area contributed by atoms with Crippen molar-refractivity contribution in [1.29, 1.82) is 0 Å². The highest BCUT2D eigenvalue weighted by atomic mass is 19.3. The van der Waals surface area contributed by atoms with Crippen LogP contribution in [0.2, 0.25) is 0 Å². The van der Waals surface area contributed by atoms with E-state index in [1.54, 1.807) is 18.2 Å². The van der Waals surface area contributed by atoms with Crippen molar-refractivity contribution in [3.05, 3.63) is 42.0 Å². The number of halogens is 1. The summed E-state index contributed by atoms with van der Waals surface area (Å²) in [6.07, 6.45) is 1.46. The molecule has 0 aromatic heterocycles. The summed E-state index contributed by atoms with van der Waals surface area (Å²) in [5, 5.41) is 0. The summed E-state index contributed by atoms with van der Waals surface area (Å²) in [6, 6.07) is 6.48. The van der Waals surface area contributed by atoms with E-state index in [1.807, 2.05) is 0 Å². The number of rotatable bonds is 2. The Labute approximate surface area is 69.2 Å². The van der Waals surface area contributed by atoms with E-state index in [0.717, 1.165) is 0 Å². The maximum atomic E-state index is 11.5. The summed E-state index contributed by atoms with van der Waals surface area (Å²) in [7, 11) is 0. The molecule has 0 fully saturated rings. The van der Waals surface area contributed by atoms with Crippen LogP contribution in [0.1, 0.15) is 15.9 Å². The minimum absolute atomic E-state index is 0.176. The smallest absolute Gasteiger partial charge is 0.249 e. The van der Waals surface area contributed by atoms with Crippen LogP contribution in [0.5, 0.6) is 0 Å². The van der Waals surface area contributed by atoms with E-state index in [2.05, 4.69) is 11.5 Å². The van der Waals surface area contributed by atoms with Gasteiger partial charge in [-0.1, -0.05) is 30.9 Å². The Morgan fingerprint density at radius 3 is 2.75 bits per heavy atom. The van der Waals surface area contributed by atoms with Crippen molar-refractivity contribution in [3.63, 3.8) is 0 Å². The minimum Gasteiger partial charge on any atom is -0.249 e. The fourth-order valence-corrected chi connectivity index (χ4v) is 0.902. The third-order valence-corrected chi connectivity index (χ3v) is 1.47. The molecular weight excluding hydrogens is 159 g/mol. The fraction of sp³-hybridized carbons (Fsp3) is 0. The summed E-state index contributed by atoms with van der Waals surface area (Å²) < 4.78 is 11.5. The lowest BCUT2D eigenvalue weighted by Gasteiger charge is -1.98. The zero-order valence-corrected chi connectivity index (χ0v) is 6.29. The van der Waals surface area contributed by atoms with Crippen molar-refractivity contribution in [1.82, 2.24) is 0 Å². The molecule has 62 valence electrons. The molecule has 12 heavy (non-hydrogen) atoms. The largest absolute Gasteiger partial charge is 0.380 e. The molecule has 0 aliphatic heterocycles. The Bertz CT molecular complexity index is 307. The van der Waals surface area contributed by atoms with Crippen LogP contribution >= 0.6 is 0 Å². The summed E-state index contributed by atoms with van der Waals surface area (Å²) >= 11 is 0. The van der Waals surface area contributed by atoms with Crippen LogP contribution in [0.4, 0.5) is 4.53 Å². The second kappa shape index (κ2) is 3.67. The van der Waals surface area contributed by atoms with Crippen LogP contribution in [0.25, 0.3) is 6.08 Å². The van der Waals surface area contributed by atoms with Crippen LogP contribution in [0.3, 0.4) is 0 Å². The number of hydrogen-bond acceptors (Lipinski definition) is 2. The average Bonchev–Trinajstić information content (AvgIpc) is 2.16. The van der Waals surface area contributed by atoms with E-state index in [1.165, 1.54) is 12.1 Å². The summed E-state index contributed by atoms with van der Waals surface area (Å²) in [4.78, 5) is 13.8. The Kier molecular flexibility index (Phi) is 2.58. The van der Waals surface area contributed by atoms with Gasteiger partial charge in [-0.25, -0.2) is 9.74 Å². The third-order valence-electron chi connectivity index (χ3n) is 1.47. The zero-order valence-electron chi connectivity index (χ0n) is 6.29. The van der Waals surface area contributed by atoms with Crippen LogP contribution in [0.15, 0.2) is 30.8 Å². The van der Waals surface area contributed by atoms with E-state index in [0.29, 0.717) is 5.56 Å². The number of benzene rings is 1. The molecule has 0 atom stereocenters. The average molecular weight is 166 g/mol. The molecule has 0 spiro atoms. The van der Waals surface area contributed by atoms with Gasteiger partial charge in [-0.05, 0) is 11.6 Å². The molecule has 0 saturated carbocycles. The van der Waals surface area contributed by atoms with Gasteiger partial charge in [0.05, 0.1) is 5.56 Å².